The maximum absolute atomic E-state index is 6.07. The molecule has 2 heterocycles. The molecular formula is C12H22O2S2. The quantitative estimate of drug-likeness (QED) is 0.665. The number of hydrogen-bond acceptors (Lipinski definition) is 4. The molecular weight excluding hydrogens is 240 g/mol. The van der Waals surface area contributed by atoms with Gasteiger partial charge in [0, 0.05) is 16.9 Å². The second-order valence-corrected chi connectivity index (χ2v) is 7.93. The van der Waals surface area contributed by atoms with Crippen molar-refractivity contribution in [3.8, 4) is 0 Å². The summed E-state index contributed by atoms with van der Waals surface area (Å²) in [6.07, 6.45) is 4.93. The van der Waals surface area contributed by atoms with Crippen molar-refractivity contribution in [2.45, 2.75) is 55.1 Å². The largest absolute Gasteiger partial charge is 0.340 e. The monoisotopic (exact) mass is 262 g/mol. The van der Waals surface area contributed by atoms with Gasteiger partial charge < -0.3 is 9.47 Å². The molecule has 94 valence electrons. The molecule has 0 radical (unpaired) electrons. The molecule has 2 nitrogen and oxygen atoms in total. The summed E-state index contributed by atoms with van der Waals surface area (Å²) >= 11 is 3.90. The Morgan fingerprint density at radius 2 is 1.75 bits per heavy atom. The predicted molar refractivity (Wildman–Crippen MR) is 72.1 cm³/mol. The summed E-state index contributed by atoms with van der Waals surface area (Å²) in [5.74, 6) is 1.28. The van der Waals surface area contributed by atoms with E-state index in [-0.39, 0.29) is 5.12 Å². The molecule has 1 spiro atoms. The molecule has 0 aromatic heterocycles. The Balaban J connectivity index is 1.93. The zero-order chi connectivity index (χ0) is 11.4. The first kappa shape index (κ1) is 13.1. The van der Waals surface area contributed by atoms with Gasteiger partial charge in [-0.1, -0.05) is 32.0 Å². The Bertz CT molecular complexity index is 225. The third kappa shape index (κ3) is 3.56. The summed E-state index contributed by atoms with van der Waals surface area (Å²) in [4.78, 5) is 0. The molecule has 2 fully saturated rings. The third-order valence-corrected chi connectivity index (χ3v) is 5.55. The first-order valence-electron chi connectivity index (χ1n) is 6.27. The minimum atomic E-state index is -0.314. The van der Waals surface area contributed by atoms with Gasteiger partial charge >= 0.3 is 0 Å². The van der Waals surface area contributed by atoms with Crippen LogP contribution in [0.15, 0.2) is 0 Å². The fourth-order valence-corrected chi connectivity index (χ4v) is 4.32. The topological polar surface area (TPSA) is 18.5 Å². The van der Waals surface area contributed by atoms with Crippen LogP contribution in [0, 0.1) is 0 Å². The van der Waals surface area contributed by atoms with Crippen LogP contribution in [0.25, 0.3) is 0 Å². The third-order valence-electron chi connectivity index (χ3n) is 2.99. The fourth-order valence-electron chi connectivity index (χ4n) is 2.10. The molecule has 3 unspecified atom stereocenters. The fraction of sp³-hybridized carbons (Fsp3) is 1.00. The second kappa shape index (κ2) is 5.98. The smallest absolute Gasteiger partial charge is 0.218 e. The summed E-state index contributed by atoms with van der Waals surface area (Å²) in [7, 11) is 0. The molecule has 0 saturated carbocycles. The molecule has 0 aromatic rings. The Kier molecular flexibility index (Phi) is 4.89. The number of hydrogen-bond donors (Lipinski definition) is 0. The lowest BCUT2D eigenvalue weighted by Gasteiger charge is -2.30. The molecule has 0 N–H and O–H groups in total. The predicted octanol–water partition coefficient (Wildman–Crippen LogP) is 3.50. The summed E-state index contributed by atoms with van der Waals surface area (Å²) in [5.41, 5.74) is 0. The Hall–Kier alpha value is 0.620. The van der Waals surface area contributed by atoms with Crippen LogP contribution < -0.4 is 0 Å². The average molecular weight is 262 g/mol. The van der Waals surface area contributed by atoms with Gasteiger partial charge in [-0.3, -0.25) is 0 Å². The highest BCUT2D eigenvalue weighted by Crippen LogP contribution is 2.43. The minimum absolute atomic E-state index is 0.314. The van der Waals surface area contributed by atoms with Gasteiger partial charge in [0.15, 0.2) is 0 Å². The molecule has 16 heavy (non-hydrogen) atoms. The highest BCUT2D eigenvalue weighted by Gasteiger charge is 2.40. The van der Waals surface area contributed by atoms with Crippen molar-refractivity contribution >= 4 is 23.5 Å². The first-order chi connectivity index (χ1) is 7.70. The van der Waals surface area contributed by atoms with Crippen LogP contribution in [0.5, 0.6) is 0 Å². The van der Waals surface area contributed by atoms with E-state index in [0.717, 1.165) is 19.6 Å². The van der Waals surface area contributed by atoms with E-state index in [2.05, 4.69) is 13.8 Å². The van der Waals surface area contributed by atoms with Crippen LogP contribution in [-0.2, 0) is 9.47 Å². The highest BCUT2D eigenvalue weighted by molar-refractivity contribution is 8.01. The molecule has 0 aliphatic carbocycles. The van der Waals surface area contributed by atoms with Crippen LogP contribution >= 0.6 is 23.5 Å². The first-order valence-corrected chi connectivity index (χ1v) is 8.20. The molecule has 3 atom stereocenters. The standard InChI is InChI=1S/C12H22O2S2/c1-10-8-13-12(14-9-11(2)16-12)6-4-3-5-7-15-10/h10-11H,3-9H2,1-2H3. The Morgan fingerprint density at radius 1 is 1.00 bits per heavy atom. The van der Waals surface area contributed by atoms with Gasteiger partial charge in [-0.2, -0.15) is 11.8 Å². The van der Waals surface area contributed by atoms with E-state index in [4.69, 9.17) is 9.47 Å². The number of ether oxygens (including phenoxy) is 2. The van der Waals surface area contributed by atoms with Crippen molar-refractivity contribution in [1.82, 2.24) is 0 Å². The Morgan fingerprint density at radius 3 is 2.50 bits per heavy atom. The zero-order valence-electron chi connectivity index (χ0n) is 10.2. The van der Waals surface area contributed by atoms with Gasteiger partial charge in [-0.05, 0) is 18.6 Å². The van der Waals surface area contributed by atoms with Crippen LogP contribution in [-0.4, -0.2) is 34.6 Å². The average Bonchev–Trinajstić information content (AvgIpc) is 2.63. The normalized spacial score (nSPS) is 42.4. The summed E-state index contributed by atoms with van der Waals surface area (Å²) in [6, 6.07) is 0. The molecule has 2 rings (SSSR count). The molecule has 0 bridgehead atoms. The van der Waals surface area contributed by atoms with Crippen LogP contribution in [0.1, 0.15) is 39.5 Å². The van der Waals surface area contributed by atoms with Crippen molar-refractivity contribution in [3.63, 3.8) is 0 Å². The van der Waals surface area contributed by atoms with Gasteiger partial charge in [-0.15, -0.1) is 0 Å². The number of thioether (sulfide) groups is 2. The number of rotatable bonds is 0. The van der Waals surface area contributed by atoms with Gasteiger partial charge in [0.1, 0.15) is 0 Å². The van der Waals surface area contributed by atoms with Crippen molar-refractivity contribution in [2.24, 2.45) is 0 Å². The van der Waals surface area contributed by atoms with Crippen molar-refractivity contribution < 1.29 is 9.47 Å². The van der Waals surface area contributed by atoms with Gasteiger partial charge in [-0.25, -0.2) is 0 Å². The van der Waals surface area contributed by atoms with Crippen molar-refractivity contribution in [3.05, 3.63) is 0 Å². The maximum Gasteiger partial charge on any atom is 0.218 e. The van der Waals surface area contributed by atoms with Crippen LogP contribution in [0.2, 0.25) is 0 Å². The van der Waals surface area contributed by atoms with E-state index in [1.807, 2.05) is 23.5 Å². The van der Waals surface area contributed by atoms with E-state index < -0.39 is 0 Å². The zero-order valence-corrected chi connectivity index (χ0v) is 11.9. The molecule has 0 amide bonds. The summed E-state index contributed by atoms with van der Waals surface area (Å²) < 4.78 is 12.0. The lowest BCUT2D eigenvalue weighted by Crippen LogP contribution is -2.31. The summed E-state index contributed by atoms with van der Waals surface area (Å²) in [5, 5.41) is 0.854. The molecule has 2 aliphatic rings. The van der Waals surface area contributed by atoms with E-state index in [9.17, 15) is 0 Å². The molecule has 2 saturated heterocycles. The lowest BCUT2D eigenvalue weighted by atomic mass is 10.2. The Labute approximate surface area is 107 Å². The van der Waals surface area contributed by atoms with Crippen molar-refractivity contribution in [1.29, 1.82) is 0 Å². The SMILES string of the molecule is CC1COC2(CCCCCS1)OCC(C)S2. The van der Waals surface area contributed by atoms with E-state index in [1.54, 1.807) is 0 Å². The van der Waals surface area contributed by atoms with Crippen LogP contribution in [0.4, 0.5) is 0 Å². The van der Waals surface area contributed by atoms with Crippen molar-refractivity contribution in [2.75, 3.05) is 19.0 Å². The van der Waals surface area contributed by atoms with E-state index >= 15 is 0 Å². The maximum atomic E-state index is 6.07. The van der Waals surface area contributed by atoms with Gasteiger partial charge in [0.2, 0.25) is 5.12 Å². The lowest BCUT2D eigenvalue weighted by molar-refractivity contribution is -0.163. The van der Waals surface area contributed by atoms with Crippen LogP contribution in [0.3, 0.4) is 0 Å². The highest BCUT2D eigenvalue weighted by atomic mass is 32.2. The summed E-state index contributed by atoms with van der Waals surface area (Å²) in [6.45, 7) is 6.14. The van der Waals surface area contributed by atoms with E-state index in [0.29, 0.717) is 10.5 Å². The molecule has 0 aromatic carbocycles. The second-order valence-electron chi connectivity index (χ2n) is 4.73. The molecule has 4 heteroatoms. The van der Waals surface area contributed by atoms with Gasteiger partial charge in [0.05, 0.1) is 13.2 Å². The molecule has 2 aliphatic heterocycles. The van der Waals surface area contributed by atoms with Gasteiger partial charge in [0.25, 0.3) is 0 Å². The van der Waals surface area contributed by atoms with E-state index in [1.165, 1.54) is 25.0 Å². The minimum Gasteiger partial charge on any atom is -0.340 e.